The highest BCUT2D eigenvalue weighted by atomic mass is 35.5. The van der Waals surface area contributed by atoms with Crippen molar-refractivity contribution in [2.24, 2.45) is 0 Å². The van der Waals surface area contributed by atoms with E-state index in [0.717, 1.165) is 41.2 Å². The molecular weight excluding hydrogens is 429 g/mol. The summed E-state index contributed by atoms with van der Waals surface area (Å²) in [5.41, 5.74) is 4.58. The zero-order valence-corrected chi connectivity index (χ0v) is 18.0. The first-order valence-electron chi connectivity index (χ1n) is 10.3. The van der Waals surface area contributed by atoms with Gasteiger partial charge in [0, 0.05) is 10.6 Å². The van der Waals surface area contributed by atoms with E-state index in [1.807, 2.05) is 43.3 Å². The molecule has 1 saturated carbocycles. The van der Waals surface area contributed by atoms with Crippen LogP contribution in [0.4, 0.5) is 15.8 Å². The lowest BCUT2D eigenvalue weighted by Gasteiger charge is -2.18. The molecule has 1 heterocycles. The average molecular weight is 448 g/mol. The third-order valence-corrected chi connectivity index (χ3v) is 6.36. The molecule has 3 aromatic rings. The van der Waals surface area contributed by atoms with E-state index in [1.54, 1.807) is 6.07 Å². The van der Waals surface area contributed by atoms with Crippen LogP contribution < -0.4 is 4.90 Å². The third kappa shape index (κ3) is 3.30. The normalized spacial score (nSPS) is 16.5. The maximum Gasteiger partial charge on any atom is 0.338 e. The minimum absolute atomic E-state index is 0.273. The van der Waals surface area contributed by atoms with Crippen LogP contribution in [0.25, 0.3) is 11.6 Å². The van der Waals surface area contributed by atoms with E-state index in [9.17, 15) is 14.0 Å². The number of aryl methyl sites for hydroxylation is 1. The van der Waals surface area contributed by atoms with Gasteiger partial charge in [0.15, 0.2) is 0 Å². The maximum atomic E-state index is 14.4. The molecule has 0 spiro atoms. The van der Waals surface area contributed by atoms with Crippen molar-refractivity contribution in [2.45, 2.75) is 25.7 Å². The fraction of sp³-hybridized carbons (Fsp3) is 0.154. The van der Waals surface area contributed by atoms with Crippen LogP contribution in [0.15, 0.2) is 54.6 Å². The summed E-state index contributed by atoms with van der Waals surface area (Å²) in [5.74, 6) is -2.11. The summed E-state index contributed by atoms with van der Waals surface area (Å²) in [5, 5.41) is 9.72. The molecule has 1 N–H and O–H groups in total. The Morgan fingerprint density at radius 3 is 2.59 bits per heavy atom. The number of carbonyl (C=O) groups is 2. The summed E-state index contributed by atoms with van der Waals surface area (Å²) in [6.45, 7) is 1.92. The van der Waals surface area contributed by atoms with Crippen molar-refractivity contribution >= 4 is 46.5 Å². The number of aromatic carboxylic acids is 1. The van der Waals surface area contributed by atoms with Crippen molar-refractivity contribution in [2.75, 3.05) is 4.90 Å². The van der Waals surface area contributed by atoms with Gasteiger partial charge in [0.2, 0.25) is 0 Å². The monoisotopic (exact) mass is 447 g/mol. The molecule has 6 heteroatoms. The lowest BCUT2D eigenvalue weighted by Crippen LogP contribution is -2.21. The fourth-order valence-corrected chi connectivity index (χ4v) is 4.57. The van der Waals surface area contributed by atoms with Gasteiger partial charge in [0.1, 0.15) is 5.82 Å². The quantitative estimate of drug-likeness (QED) is 0.459. The lowest BCUT2D eigenvalue weighted by molar-refractivity contribution is -0.112. The first-order valence-corrected chi connectivity index (χ1v) is 10.7. The van der Waals surface area contributed by atoms with Crippen molar-refractivity contribution in [1.82, 2.24) is 0 Å². The molecule has 1 aliphatic heterocycles. The minimum Gasteiger partial charge on any atom is -0.478 e. The van der Waals surface area contributed by atoms with E-state index >= 15 is 0 Å². The lowest BCUT2D eigenvalue weighted by atomic mass is 9.96. The molecule has 1 aliphatic carbocycles. The first-order chi connectivity index (χ1) is 15.4. The molecule has 0 saturated heterocycles. The van der Waals surface area contributed by atoms with Gasteiger partial charge in [-0.1, -0.05) is 35.9 Å². The molecule has 1 amide bonds. The maximum absolute atomic E-state index is 14.4. The summed E-state index contributed by atoms with van der Waals surface area (Å²) < 4.78 is 14.4. The molecule has 0 unspecified atom stereocenters. The highest BCUT2D eigenvalue weighted by Crippen LogP contribution is 2.47. The van der Waals surface area contributed by atoms with Crippen LogP contribution >= 0.6 is 11.6 Å². The van der Waals surface area contributed by atoms with Gasteiger partial charge in [-0.3, -0.25) is 9.69 Å². The molecule has 4 nitrogen and oxygen atoms in total. The van der Waals surface area contributed by atoms with Crippen molar-refractivity contribution in [3.63, 3.8) is 0 Å². The van der Waals surface area contributed by atoms with Gasteiger partial charge in [-0.25, -0.2) is 9.18 Å². The van der Waals surface area contributed by atoms with Crippen LogP contribution in [0.2, 0.25) is 5.02 Å². The third-order valence-electron chi connectivity index (χ3n) is 6.03. The summed E-state index contributed by atoms with van der Waals surface area (Å²) >= 11 is 6.54. The Kier molecular flexibility index (Phi) is 4.86. The average Bonchev–Trinajstić information content (AvgIpc) is 3.54. The van der Waals surface area contributed by atoms with Crippen molar-refractivity contribution < 1.29 is 19.1 Å². The molecule has 2 aliphatic rings. The van der Waals surface area contributed by atoms with E-state index in [-0.39, 0.29) is 11.6 Å². The molecule has 0 aromatic heterocycles. The van der Waals surface area contributed by atoms with Crippen LogP contribution in [-0.2, 0) is 4.79 Å². The van der Waals surface area contributed by atoms with Crippen LogP contribution in [0.3, 0.4) is 0 Å². The van der Waals surface area contributed by atoms with E-state index in [0.29, 0.717) is 22.2 Å². The van der Waals surface area contributed by atoms with Crippen LogP contribution in [-0.4, -0.2) is 17.0 Å². The van der Waals surface area contributed by atoms with E-state index in [1.165, 1.54) is 17.0 Å². The topological polar surface area (TPSA) is 57.6 Å². The standard InChI is InChI=1S/C26H19ClFNO3/c1-14-4-2-7-23-24(14)20(13-19-17(15-8-9-15)5-3-6-21(19)27)25(30)29(23)16-10-11-18(26(31)32)22(28)12-16/h2-7,10-13,15H,8-9H2,1H3,(H,31,32). The first kappa shape index (κ1) is 20.5. The Morgan fingerprint density at radius 2 is 1.91 bits per heavy atom. The second-order valence-electron chi connectivity index (χ2n) is 8.15. The van der Waals surface area contributed by atoms with Gasteiger partial charge in [-0.05, 0) is 78.8 Å². The highest BCUT2D eigenvalue weighted by molar-refractivity contribution is 6.39. The Bertz CT molecular complexity index is 1330. The Morgan fingerprint density at radius 1 is 1.16 bits per heavy atom. The number of rotatable bonds is 4. The van der Waals surface area contributed by atoms with E-state index < -0.39 is 17.3 Å². The highest BCUT2D eigenvalue weighted by Gasteiger charge is 2.36. The number of nitrogens with zero attached hydrogens (tertiary/aromatic N) is 1. The fourth-order valence-electron chi connectivity index (χ4n) is 4.33. The number of carboxylic acids is 1. The predicted molar refractivity (Wildman–Crippen MR) is 123 cm³/mol. The number of carbonyl (C=O) groups excluding carboxylic acids is 1. The smallest absolute Gasteiger partial charge is 0.338 e. The van der Waals surface area contributed by atoms with Gasteiger partial charge >= 0.3 is 5.97 Å². The number of hydrogen-bond donors (Lipinski definition) is 1. The van der Waals surface area contributed by atoms with Crippen LogP contribution in [0.5, 0.6) is 0 Å². The molecule has 160 valence electrons. The summed E-state index contributed by atoms with van der Waals surface area (Å²) in [4.78, 5) is 26.3. The van der Waals surface area contributed by atoms with Crippen LogP contribution in [0.1, 0.15) is 51.4 Å². The van der Waals surface area contributed by atoms with Crippen molar-refractivity contribution in [1.29, 1.82) is 0 Å². The number of fused-ring (bicyclic) bond motifs is 1. The van der Waals surface area contributed by atoms with Gasteiger partial charge in [0.05, 0.1) is 22.5 Å². The number of hydrogen-bond acceptors (Lipinski definition) is 2. The molecule has 5 rings (SSSR count). The van der Waals surface area contributed by atoms with Gasteiger partial charge < -0.3 is 5.11 Å². The summed E-state index contributed by atoms with van der Waals surface area (Å²) in [7, 11) is 0. The second-order valence-corrected chi connectivity index (χ2v) is 8.56. The zero-order valence-electron chi connectivity index (χ0n) is 17.2. The zero-order chi connectivity index (χ0) is 22.6. The number of anilines is 2. The number of halogens is 2. The number of carboxylic acid groups (broad SMARTS) is 1. The van der Waals surface area contributed by atoms with Crippen molar-refractivity contribution in [3.8, 4) is 0 Å². The molecule has 0 radical (unpaired) electrons. The Balaban J connectivity index is 1.68. The number of amides is 1. The largest absolute Gasteiger partial charge is 0.478 e. The molecule has 3 aromatic carbocycles. The van der Waals surface area contributed by atoms with Gasteiger partial charge in [-0.2, -0.15) is 0 Å². The Hall–Kier alpha value is -3.44. The molecular formula is C26H19ClFNO3. The number of benzene rings is 3. The predicted octanol–water partition coefficient (Wildman–Crippen LogP) is 6.58. The van der Waals surface area contributed by atoms with Gasteiger partial charge in [0.25, 0.3) is 5.91 Å². The van der Waals surface area contributed by atoms with E-state index in [2.05, 4.69) is 0 Å². The second kappa shape index (κ2) is 7.61. The molecule has 0 bridgehead atoms. The van der Waals surface area contributed by atoms with Crippen LogP contribution in [0, 0.1) is 12.7 Å². The summed E-state index contributed by atoms with van der Waals surface area (Å²) in [6, 6.07) is 15.1. The summed E-state index contributed by atoms with van der Waals surface area (Å²) in [6.07, 6.45) is 4.04. The molecule has 32 heavy (non-hydrogen) atoms. The van der Waals surface area contributed by atoms with Crippen molar-refractivity contribution in [3.05, 3.63) is 93.3 Å². The SMILES string of the molecule is Cc1cccc2c1C(=Cc1c(Cl)cccc1C1CC1)C(=O)N2c1ccc(C(=O)O)c(F)c1. The van der Waals surface area contributed by atoms with Gasteiger partial charge in [-0.15, -0.1) is 0 Å². The Labute approximate surface area is 189 Å². The van der Waals surface area contributed by atoms with E-state index in [4.69, 9.17) is 16.7 Å². The minimum atomic E-state index is -1.36. The molecule has 0 atom stereocenters. The molecule has 1 fully saturated rings.